The molecule has 2 N–H and O–H groups in total. The van der Waals surface area contributed by atoms with E-state index >= 15 is 0 Å². The third kappa shape index (κ3) is 3.68. The van der Waals surface area contributed by atoms with Gasteiger partial charge in [-0.15, -0.1) is 0 Å². The third-order valence-electron chi connectivity index (χ3n) is 2.98. The topological polar surface area (TPSA) is 57.4 Å². The fourth-order valence-electron chi connectivity index (χ4n) is 1.86. The summed E-state index contributed by atoms with van der Waals surface area (Å²) in [4.78, 5) is 4.23. The van der Waals surface area contributed by atoms with Crippen LogP contribution >= 0.6 is 0 Å². The summed E-state index contributed by atoms with van der Waals surface area (Å²) in [7, 11) is 0. The van der Waals surface area contributed by atoms with E-state index in [1.54, 1.807) is 6.20 Å². The van der Waals surface area contributed by atoms with Gasteiger partial charge in [0.2, 0.25) is 5.88 Å². The second-order valence-corrected chi connectivity index (χ2v) is 4.52. The monoisotopic (exact) mass is 236 g/mol. The van der Waals surface area contributed by atoms with Crippen LogP contribution in [-0.4, -0.2) is 24.3 Å². The summed E-state index contributed by atoms with van der Waals surface area (Å²) >= 11 is 0. The summed E-state index contributed by atoms with van der Waals surface area (Å²) in [5, 5.41) is 0. The fraction of sp³-hybridized carbons (Fsp3) is 0.615. The highest BCUT2D eigenvalue weighted by Crippen LogP contribution is 2.16. The number of hydrogen-bond donors (Lipinski definition) is 1. The molecule has 2 atom stereocenters. The number of rotatable bonds is 4. The Labute approximate surface area is 102 Å². The highest BCUT2D eigenvalue weighted by Gasteiger charge is 2.14. The molecule has 94 valence electrons. The van der Waals surface area contributed by atoms with Crippen molar-refractivity contribution < 1.29 is 9.47 Å². The molecule has 0 saturated carbocycles. The molecular weight excluding hydrogens is 216 g/mol. The molecule has 1 aliphatic rings. The first kappa shape index (κ1) is 12.3. The molecule has 0 aromatic carbocycles. The molecule has 1 aromatic heterocycles. The van der Waals surface area contributed by atoms with Gasteiger partial charge >= 0.3 is 0 Å². The number of pyridine rings is 1. The molecule has 1 aliphatic heterocycles. The van der Waals surface area contributed by atoms with Crippen LogP contribution in [0.5, 0.6) is 5.88 Å². The van der Waals surface area contributed by atoms with Crippen molar-refractivity contribution in [3.63, 3.8) is 0 Å². The number of nitrogens with zero attached hydrogens (tertiary/aromatic N) is 1. The lowest BCUT2D eigenvalue weighted by molar-refractivity contribution is -0.0119. The van der Waals surface area contributed by atoms with Crippen LogP contribution in [0.15, 0.2) is 18.3 Å². The first-order valence-corrected chi connectivity index (χ1v) is 6.21. The molecule has 17 heavy (non-hydrogen) atoms. The van der Waals surface area contributed by atoms with E-state index in [1.165, 1.54) is 6.42 Å². The zero-order valence-electron chi connectivity index (χ0n) is 10.3. The van der Waals surface area contributed by atoms with Gasteiger partial charge in [-0.2, -0.15) is 0 Å². The van der Waals surface area contributed by atoms with Gasteiger partial charge in [0.1, 0.15) is 6.61 Å². The molecule has 4 heteroatoms. The van der Waals surface area contributed by atoms with Crippen molar-refractivity contribution in [2.24, 2.45) is 5.73 Å². The van der Waals surface area contributed by atoms with Crippen LogP contribution in [0.3, 0.4) is 0 Å². The maximum atomic E-state index is 5.75. The molecule has 1 unspecified atom stereocenters. The molecule has 4 nitrogen and oxygen atoms in total. The molecule has 2 rings (SSSR count). The van der Waals surface area contributed by atoms with Gasteiger partial charge < -0.3 is 15.2 Å². The normalized spacial score (nSPS) is 22.1. The number of hydrogen-bond acceptors (Lipinski definition) is 4. The van der Waals surface area contributed by atoms with E-state index in [-0.39, 0.29) is 12.1 Å². The fourth-order valence-corrected chi connectivity index (χ4v) is 1.86. The lowest BCUT2D eigenvalue weighted by Gasteiger charge is -2.22. The van der Waals surface area contributed by atoms with Gasteiger partial charge in [0, 0.05) is 24.9 Å². The van der Waals surface area contributed by atoms with E-state index in [0.29, 0.717) is 12.5 Å². The van der Waals surface area contributed by atoms with Crippen LogP contribution in [0, 0.1) is 0 Å². The molecule has 0 bridgehead atoms. The van der Waals surface area contributed by atoms with E-state index < -0.39 is 0 Å². The Balaban J connectivity index is 1.82. The number of nitrogens with two attached hydrogens (primary N) is 1. The summed E-state index contributed by atoms with van der Waals surface area (Å²) < 4.78 is 11.2. The predicted octanol–water partition coefficient (Wildman–Crippen LogP) is 2.05. The first-order valence-electron chi connectivity index (χ1n) is 6.21. The molecule has 0 spiro atoms. The van der Waals surface area contributed by atoms with Crippen LogP contribution in [0.1, 0.15) is 37.8 Å². The Hall–Kier alpha value is -1.13. The third-order valence-corrected chi connectivity index (χ3v) is 2.98. The van der Waals surface area contributed by atoms with E-state index in [2.05, 4.69) is 4.98 Å². The summed E-state index contributed by atoms with van der Waals surface area (Å²) in [6.45, 7) is 3.38. The Morgan fingerprint density at radius 1 is 1.53 bits per heavy atom. The molecular formula is C13H20N2O2. The molecule has 1 aromatic rings. The Morgan fingerprint density at radius 3 is 3.00 bits per heavy atom. The summed E-state index contributed by atoms with van der Waals surface area (Å²) in [6.07, 6.45) is 5.46. The number of aromatic nitrogens is 1. The van der Waals surface area contributed by atoms with Gasteiger partial charge in [0.05, 0.1) is 6.10 Å². The summed E-state index contributed by atoms with van der Waals surface area (Å²) in [6, 6.07) is 3.83. The van der Waals surface area contributed by atoms with Crippen molar-refractivity contribution in [2.45, 2.75) is 38.3 Å². The van der Waals surface area contributed by atoms with Gasteiger partial charge in [-0.3, -0.25) is 0 Å². The zero-order chi connectivity index (χ0) is 12.1. The second-order valence-electron chi connectivity index (χ2n) is 4.52. The highest BCUT2D eigenvalue weighted by atomic mass is 16.5. The SMILES string of the molecule is C[C@@H](N)c1ccc(OCC2CCCCO2)nc1. The minimum atomic E-state index is 0.0122. The number of ether oxygens (including phenoxy) is 2. The van der Waals surface area contributed by atoms with Gasteiger partial charge in [-0.05, 0) is 31.7 Å². The Kier molecular flexibility index (Phi) is 4.34. The maximum Gasteiger partial charge on any atom is 0.213 e. The van der Waals surface area contributed by atoms with Crippen molar-refractivity contribution in [2.75, 3.05) is 13.2 Å². The summed E-state index contributed by atoms with van der Waals surface area (Å²) in [5.74, 6) is 0.642. The summed E-state index contributed by atoms with van der Waals surface area (Å²) in [5.41, 5.74) is 6.77. The first-order chi connectivity index (χ1) is 8.25. The van der Waals surface area contributed by atoms with Crippen LogP contribution in [0.25, 0.3) is 0 Å². The average molecular weight is 236 g/mol. The lowest BCUT2D eigenvalue weighted by atomic mass is 10.1. The smallest absolute Gasteiger partial charge is 0.213 e. The van der Waals surface area contributed by atoms with Gasteiger partial charge in [0.15, 0.2) is 0 Å². The highest BCUT2D eigenvalue weighted by molar-refractivity contribution is 5.19. The second kappa shape index (κ2) is 5.98. The van der Waals surface area contributed by atoms with E-state index in [9.17, 15) is 0 Å². The maximum absolute atomic E-state index is 5.75. The van der Waals surface area contributed by atoms with E-state index in [0.717, 1.165) is 25.0 Å². The molecule has 1 saturated heterocycles. The van der Waals surface area contributed by atoms with Crippen LogP contribution in [0.2, 0.25) is 0 Å². The van der Waals surface area contributed by atoms with Crippen LogP contribution in [-0.2, 0) is 4.74 Å². The predicted molar refractivity (Wildman–Crippen MR) is 65.9 cm³/mol. The molecule has 0 aliphatic carbocycles. The molecule has 0 radical (unpaired) electrons. The van der Waals surface area contributed by atoms with Crippen LogP contribution in [0.4, 0.5) is 0 Å². The van der Waals surface area contributed by atoms with Crippen molar-refractivity contribution in [1.82, 2.24) is 4.98 Å². The minimum absolute atomic E-state index is 0.0122. The van der Waals surface area contributed by atoms with Gasteiger partial charge in [-0.25, -0.2) is 4.98 Å². The van der Waals surface area contributed by atoms with E-state index in [4.69, 9.17) is 15.2 Å². The van der Waals surface area contributed by atoms with Crippen molar-refractivity contribution in [3.05, 3.63) is 23.9 Å². The van der Waals surface area contributed by atoms with Gasteiger partial charge in [-0.1, -0.05) is 6.07 Å². The average Bonchev–Trinajstić information content (AvgIpc) is 2.38. The Morgan fingerprint density at radius 2 is 2.41 bits per heavy atom. The zero-order valence-corrected chi connectivity index (χ0v) is 10.3. The van der Waals surface area contributed by atoms with Crippen molar-refractivity contribution in [3.8, 4) is 5.88 Å². The standard InChI is InChI=1S/C13H20N2O2/c1-10(14)11-5-6-13(15-8-11)17-9-12-4-2-3-7-16-12/h5-6,8,10,12H,2-4,7,9,14H2,1H3/t10-,12?/m1/s1. The molecule has 0 amide bonds. The van der Waals surface area contributed by atoms with Crippen molar-refractivity contribution in [1.29, 1.82) is 0 Å². The molecule has 2 heterocycles. The molecule has 1 fully saturated rings. The van der Waals surface area contributed by atoms with Crippen molar-refractivity contribution >= 4 is 0 Å². The van der Waals surface area contributed by atoms with Gasteiger partial charge in [0.25, 0.3) is 0 Å². The quantitative estimate of drug-likeness (QED) is 0.869. The Bertz CT molecular complexity index is 332. The minimum Gasteiger partial charge on any atom is -0.475 e. The largest absolute Gasteiger partial charge is 0.475 e. The lowest BCUT2D eigenvalue weighted by Crippen LogP contribution is -2.26. The van der Waals surface area contributed by atoms with Crippen LogP contribution < -0.4 is 10.5 Å². The van der Waals surface area contributed by atoms with E-state index in [1.807, 2.05) is 19.1 Å².